The maximum Gasteiger partial charge on any atom is 0.135 e. The van der Waals surface area contributed by atoms with Crippen molar-refractivity contribution in [3.63, 3.8) is 0 Å². The van der Waals surface area contributed by atoms with Crippen LogP contribution in [0, 0.1) is 12.3 Å². The summed E-state index contributed by atoms with van der Waals surface area (Å²) in [6.45, 7) is 6.72. The van der Waals surface area contributed by atoms with Crippen LogP contribution in [0.2, 0.25) is 0 Å². The minimum atomic E-state index is 0.200. The predicted molar refractivity (Wildman–Crippen MR) is 63.7 cm³/mol. The van der Waals surface area contributed by atoms with Crippen molar-refractivity contribution in [2.75, 3.05) is 0 Å². The molecule has 2 heteroatoms. The quantitative estimate of drug-likeness (QED) is 0.690. The smallest absolute Gasteiger partial charge is 0.135 e. The van der Waals surface area contributed by atoms with Crippen LogP contribution in [0.25, 0.3) is 0 Å². The van der Waals surface area contributed by atoms with Gasteiger partial charge in [0.1, 0.15) is 5.69 Å². The molecule has 0 aromatic carbocycles. The molecule has 0 fully saturated rings. The summed E-state index contributed by atoms with van der Waals surface area (Å²) < 4.78 is 1.92. The zero-order chi connectivity index (χ0) is 11.5. The van der Waals surface area contributed by atoms with Crippen molar-refractivity contribution in [2.24, 2.45) is 7.05 Å². The molecular weight excluding hydrogens is 184 g/mol. The first-order valence-corrected chi connectivity index (χ1v) is 5.58. The summed E-state index contributed by atoms with van der Waals surface area (Å²) in [5.74, 6) is 2.59. The van der Waals surface area contributed by atoms with E-state index in [0.717, 1.165) is 12.1 Å². The van der Waals surface area contributed by atoms with Gasteiger partial charge in [0.2, 0.25) is 0 Å². The summed E-state index contributed by atoms with van der Waals surface area (Å²) in [7, 11) is 1.97. The lowest BCUT2D eigenvalue weighted by atomic mass is 9.79. The van der Waals surface area contributed by atoms with Crippen molar-refractivity contribution in [1.82, 2.24) is 9.78 Å². The highest BCUT2D eigenvalue weighted by Gasteiger charge is 2.27. The van der Waals surface area contributed by atoms with Crippen LogP contribution in [0.1, 0.15) is 51.4 Å². The van der Waals surface area contributed by atoms with Crippen LogP contribution in [-0.2, 0) is 12.5 Å². The average Bonchev–Trinajstić information content (AvgIpc) is 2.60. The molecule has 1 aromatic rings. The molecule has 15 heavy (non-hydrogen) atoms. The van der Waals surface area contributed by atoms with E-state index >= 15 is 0 Å². The first-order valence-electron chi connectivity index (χ1n) is 5.58. The molecule has 1 aromatic heterocycles. The fourth-order valence-electron chi connectivity index (χ4n) is 2.14. The summed E-state index contributed by atoms with van der Waals surface area (Å²) in [5, 5.41) is 4.31. The van der Waals surface area contributed by atoms with Gasteiger partial charge in [-0.1, -0.05) is 27.2 Å². The average molecular weight is 204 g/mol. The van der Waals surface area contributed by atoms with Crippen LogP contribution in [-0.4, -0.2) is 9.78 Å². The Balaban J connectivity index is 3.12. The molecule has 0 aliphatic heterocycles. The van der Waals surface area contributed by atoms with Crippen LogP contribution in [0.4, 0.5) is 0 Å². The Hall–Kier alpha value is -1.23. The van der Waals surface area contributed by atoms with Gasteiger partial charge in [-0.25, -0.2) is 0 Å². The van der Waals surface area contributed by atoms with Gasteiger partial charge in [-0.05, 0) is 24.8 Å². The molecule has 0 amide bonds. The van der Waals surface area contributed by atoms with E-state index in [4.69, 9.17) is 6.42 Å². The molecule has 0 aliphatic rings. The van der Waals surface area contributed by atoms with E-state index in [1.54, 1.807) is 0 Å². The van der Waals surface area contributed by atoms with E-state index in [1.807, 2.05) is 17.8 Å². The minimum Gasteiger partial charge on any atom is -0.271 e. The van der Waals surface area contributed by atoms with Crippen LogP contribution in [0.3, 0.4) is 0 Å². The standard InChI is InChI=1S/C13H20N2/c1-6-9-13(4,8-3)12-10-11(7-2)14-15(12)5/h2,10H,6,8-9H2,1,3-5H3. The third kappa shape index (κ3) is 2.23. The number of hydrogen-bond donors (Lipinski definition) is 0. The molecule has 1 unspecified atom stereocenters. The number of nitrogens with zero attached hydrogens (tertiary/aromatic N) is 2. The molecule has 1 rings (SSSR count). The molecule has 1 heterocycles. The molecule has 1 atom stereocenters. The summed E-state index contributed by atoms with van der Waals surface area (Å²) in [6, 6.07) is 2.04. The Morgan fingerprint density at radius 2 is 2.20 bits per heavy atom. The summed E-state index contributed by atoms with van der Waals surface area (Å²) in [6.07, 6.45) is 8.84. The number of rotatable bonds is 4. The predicted octanol–water partition coefficient (Wildman–Crippen LogP) is 2.87. The second-order valence-corrected chi connectivity index (χ2v) is 4.35. The maximum absolute atomic E-state index is 5.36. The zero-order valence-electron chi connectivity index (χ0n) is 10.2. The first kappa shape index (κ1) is 11.8. The van der Waals surface area contributed by atoms with Crippen LogP contribution >= 0.6 is 0 Å². The number of aromatic nitrogens is 2. The van der Waals surface area contributed by atoms with E-state index in [-0.39, 0.29) is 5.41 Å². The van der Waals surface area contributed by atoms with Gasteiger partial charge >= 0.3 is 0 Å². The molecule has 0 N–H and O–H groups in total. The Morgan fingerprint density at radius 3 is 2.60 bits per heavy atom. The Bertz CT molecular complexity index is 370. The lowest BCUT2D eigenvalue weighted by Gasteiger charge is -2.27. The topological polar surface area (TPSA) is 17.8 Å². The normalized spacial score (nSPS) is 14.6. The van der Waals surface area contributed by atoms with E-state index in [1.165, 1.54) is 18.5 Å². The van der Waals surface area contributed by atoms with Crippen molar-refractivity contribution in [1.29, 1.82) is 0 Å². The minimum absolute atomic E-state index is 0.200. The number of hydrogen-bond acceptors (Lipinski definition) is 1. The molecule has 0 spiro atoms. The van der Waals surface area contributed by atoms with Crippen LogP contribution in [0.5, 0.6) is 0 Å². The SMILES string of the molecule is C#Cc1cc(C(C)(CC)CCC)n(C)n1. The fraction of sp³-hybridized carbons (Fsp3) is 0.615. The van der Waals surface area contributed by atoms with Gasteiger partial charge in [0.25, 0.3) is 0 Å². The number of aryl methyl sites for hydroxylation is 1. The van der Waals surface area contributed by atoms with Gasteiger partial charge in [0, 0.05) is 18.2 Å². The summed E-state index contributed by atoms with van der Waals surface area (Å²) >= 11 is 0. The lowest BCUT2D eigenvalue weighted by Crippen LogP contribution is -2.24. The molecule has 0 aliphatic carbocycles. The largest absolute Gasteiger partial charge is 0.271 e. The lowest BCUT2D eigenvalue weighted by molar-refractivity contribution is 0.384. The molecular formula is C13H20N2. The monoisotopic (exact) mass is 204 g/mol. The highest BCUT2D eigenvalue weighted by molar-refractivity contribution is 5.29. The zero-order valence-corrected chi connectivity index (χ0v) is 10.2. The Morgan fingerprint density at radius 1 is 1.53 bits per heavy atom. The Labute approximate surface area is 92.7 Å². The van der Waals surface area contributed by atoms with Crippen LogP contribution < -0.4 is 0 Å². The van der Waals surface area contributed by atoms with Crippen molar-refractivity contribution in [3.05, 3.63) is 17.5 Å². The second kappa shape index (κ2) is 4.53. The fourth-order valence-corrected chi connectivity index (χ4v) is 2.14. The molecule has 0 bridgehead atoms. The summed E-state index contributed by atoms with van der Waals surface area (Å²) in [4.78, 5) is 0. The van der Waals surface area contributed by atoms with Gasteiger partial charge in [-0.15, -0.1) is 6.42 Å². The van der Waals surface area contributed by atoms with E-state index < -0.39 is 0 Å². The third-order valence-corrected chi connectivity index (χ3v) is 3.23. The highest BCUT2D eigenvalue weighted by Crippen LogP contribution is 2.32. The van der Waals surface area contributed by atoms with E-state index in [0.29, 0.717) is 0 Å². The van der Waals surface area contributed by atoms with Crippen LogP contribution in [0.15, 0.2) is 6.07 Å². The molecule has 82 valence electrons. The van der Waals surface area contributed by atoms with E-state index in [9.17, 15) is 0 Å². The van der Waals surface area contributed by atoms with Crippen molar-refractivity contribution in [3.8, 4) is 12.3 Å². The summed E-state index contributed by atoms with van der Waals surface area (Å²) in [5.41, 5.74) is 2.19. The highest BCUT2D eigenvalue weighted by atomic mass is 15.3. The molecule has 2 nitrogen and oxygen atoms in total. The van der Waals surface area contributed by atoms with Crippen molar-refractivity contribution >= 4 is 0 Å². The number of terminal acetylenes is 1. The van der Waals surface area contributed by atoms with Crippen molar-refractivity contribution in [2.45, 2.75) is 45.4 Å². The van der Waals surface area contributed by atoms with Gasteiger partial charge in [0.05, 0.1) is 0 Å². The van der Waals surface area contributed by atoms with E-state index in [2.05, 4.69) is 31.8 Å². The first-order chi connectivity index (χ1) is 7.07. The molecule has 0 saturated carbocycles. The molecule has 0 saturated heterocycles. The van der Waals surface area contributed by atoms with Gasteiger partial charge in [0.15, 0.2) is 0 Å². The van der Waals surface area contributed by atoms with Crippen molar-refractivity contribution < 1.29 is 0 Å². The molecule has 0 radical (unpaired) electrons. The van der Waals surface area contributed by atoms with Gasteiger partial charge < -0.3 is 0 Å². The Kier molecular flexibility index (Phi) is 3.57. The van der Waals surface area contributed by atoms with Gasteiger partial charge in [-0.3, -0.25) is 4.68 Å². The van der Waals surface area contributed by atoms with Gasteiger partial charge in [-0.2, -0.15) is 5.10 Å². The maximum atomic E-state index is 5.36. The second-order valence-electron chi connectivity index (χ2n) is 4.35. The third-order valence-electron chi connectivity index (χ3n) is 3.23.